The molecule has 13 nitrogen and oxygen atoms in total. The number of carboxylic acid groups (broad SMARTS) is 4. The van der Waals surface area contributed by atoms with E-state index in [2.05, 4.69) is 40.0 Å². The number of likely N-dealkylation sites (N-methyl/N-ethyl adjacent to an activating group) is 1. The van der Waals surface area contributed by atoms with Crippen molar-refractivity contribution in [1.82, 2.24) is 9.88 Å². The molecule has 2 rings (SSSR count). The number of rotatable bonds is 16. The van der Waals surface area contributed by atoms with Gasteiger partial charge in [-0.25, -0.2) is 24.2 Å². The molecule has 42 heavy (non-hydrogen) atoms. The third-order valence-electron chi connectivity index (χ3n) is 5.24. The van der Waals surface area contributed by atoms with Crippen molar-refractivity contribution < 1.29 is 44.3 Å². The predicted octanol–water partition coefficient (Wildman–Crippen LogP) is 2.58. The van der Waals surface area contributed by atoms with Crippen LogP contribution in [0.2, 0.25) is 0 Å². The molecule has 0 spiro atoms. The Bertz CT molecular complexity index is 1060. The van der Waals surface area contributed by atoms with Crippen molar-refractivity contribution in [2.75, 3.05) is 45.2 Å². The summed E-state index contributed by atoms with van der Waals surface area (Å²) in [7, 11) is 3.88. The third kappa shape index (κ3) is 21.1. The van der Waals surface area contributed by atoms with Gasteiger partial charge in [-0.3, -0.25) is 0 Å². The zero-order valence-corrected chi connectivity index (χ0v) is 23.8. The first-order valence-corrected chi connectivity index (χ1v) is 12.9. The van der Waals surface area contributed by atoms with Crippen molar-refractivity contribution >= 4 is 29.7 Å². The van der Waals surface area contributed by atoms with E-state index in [0.717, 1.165) is 50.7 Å². The van der Waals surface area contributed by atoms with Crippen molar-refractivity contribution in [3.8, 4) is 5.75 Å². The molecule has 1 aromatic carbocycles. The van der Waals surface area contributed by atoms with Gasteiger partial charge in [0.1, 0.15) is 11.6 Å². The van der Waals surface area contributed by atoms with E-state index in [0.29, 0.717) is 24.3 Å². The van der Waals surface area contributed by atoms with Gasteiger partial charge >= 0.3 is 23.9 Å². The zero-order valence-electron chi connectivity index (χ0n) is 23.8. The summed E-state index contributed by atoms with van der Waals surface area (Å²) in [6.45, 7) is 4.69. The molecule has 0 saturated carbocycles. The molecule has 0 saturated heterocycles. The number of unbranched alkanes of at least 4 members (excludes halogenated alkanes) is 2. The highest BCUT2D eigenvalue weighted by Crippen LogP contribution is 2.17. The maximum atomic E-state index is 9.55. The van der Waals surface area contributed by atoms with Gasteiger partial charge in [-0.05, 0) is 62.8 Å². The van der Waals surface area contributed by atoms with E-state index < -0.39 is 23.9 Å². The Hall–Kier alpha value is -4.75. The number of anilines is 1. The first kappa shape index (κ1) is 37.2. The van der Waals surface area contributed by atoms with Crippen molar-refractivity contribution in [3.63, 3.8) is 0 Å². The molecule has 0 unspecified atom stereocenters. The van der Waals surface area contributed by atoms with Crippen LogP contribution in [0.25, 0.3) is 0 Å². The molecule has 2 aromatic rings. The number of aliphatic carboxylic acids is 4. The van der Waals surface area contributed by atoms with Gasteiger partial charge in [0, 0.05) is 50.1 Å². The number of aromatic nitrogens is 1. The van der Waals surface area contributed by atoms with Crippen LogP contribution in [0, 0.1) is 0 Å². The minimum absolute atomic E-state index is 0.558. The maximum absolute atomic E-state index is 9.55. The normalized spacial score (nSPS) is 10.4. The van der Waals surface area contributed by atoms with Crippen molar-refractivity contribution in [3.05, 3.63) is 78.5 Å². The topological polar surface area (TPSA) is 204 Å². The molecule has 1 heterocycles. The molecule has 6 N–H and O–H groups in total. The average molecular weight is 589 g/mol. The van der Waals surface area contributed by atoms with E-state index in [-0.39, 0.29) is 0 Å². The Labute approximate surface area is 245 Å². The molecule has 0 fully saturated rings. The highest BCUT2D eigenvalue weighted by molar-refractivity contribution is 5.90. The third-order valence-corrected chi connectivity index (χ3v) is 5.24. The molecule has 0 bridgehead atoms. The second-order valence-electron chi connectivity index (χ2n) is 8.63. The molecule has 0 radical (unpaired) electrons. The number of hydrogen-bond donors (Lipinski definition) is 5. The first-order chi connectivity index (χ1) is 20.0. The van der Waals surface area contributed by atoms with E-state index in [1.807, 2.05) is 30.5 Å². The lowest BCUT2D eigenvalue weighted by molar-refractivity contribution is -0.134. The van der Waals surface area contributed by atoms with Crippen LogP contribution in [0.1, 0.15) is 24.8 Å². The highest BCUT2D eigenvalue weighted by Gasteiger charge is 2.10. The minimum atomic E-state index is -1.26. The van der Waals surface area contributed by atoms with Crippen molar-refractivity contribution in [2.45, 2.75) is 25.8 Å². The molecule has 0 aliphatic rings. The van der Waals surface area contributed by atoms with E-state index in [1.54, 1.807) is 7.11 Å². The summed E-state index contributed by atoms with van der Waals surface area (Å²) in [6.07, 6.45) is 7.61. The summed E-state index contributed by atoms with van der Waals surface area (Å²) in [6, 6.07) is 14.3. The molecule has 13 heteroatoms. The second kappa shape index (κ2) is 23.0. The molecular formula is C29H40N4O9. The van der Waals surface area contributed by atoms with Crippen LogP contribution >= 0.6 is 0 Å². The van der Waals surface area contributed by atoms with Crippen LogP contribution < -0.4 is 15.4 Å². The van der Waals surface area contributed by atoms with Crippen LogP contribution in [0.15, 0.2) is 73.0 Å². The second-order valence-corrected chi connectivity index (χ2v) is 8.63. The number of carboxylic acids is 4. The Morgan fingerprint density at radius 3 is 1.76 bits per heavy atom. The number of carbonyl (C=O) groups is 4. The number of ether oxygens (including phenoxy) is 1. The summed E-state index contributed by atoms with van der Waals surface area (Å²) >= 11 is 0. The molecule has 1 aromatic heterocycles. The summed E-state index contributed by atoms with van der Waals surface area (Å²) in [5.41, 5.74) is 6.82. The Kier molecular flexibility index (Phi) is 20.4. The van der Waals surface area contributed by atoms with Gasteiger partial charge in [0.05, 0.1) is 7.11 Å². The standard InChI is InChI=1S/C21H32N4O.2C4H4O4/c1-24(15-7-3-5-13-22)16-17-25(21-8-4-6-14-23-21)18-19-9-11-20(26-2)12-10-19;2*5-3(6)1-2-4(7)8/h4,6,8-12,14H,3,5,7,13,15-18,22H2,1-2H3;2*1-2H,(H,5,6)(H,7,8). The number of nitrogens with zero attached hydrogens (tertiary/aromatic N) is 3. The van der Waals surface area contributed by atoms with Gasteiger partial charge in [0.2, 0.25) is 0 Å². The fourth-order valence-corrected chi connectivity index (χ4v) is 3.16. The van der Waals surface area contributed by atoms with Gasteiger partial charge in [-0.15, -0.1) is 0 Å². The van der Waals surface area contributed by atoms with Crippen LogP contribution in [0.4, 0.5) is 5.82 Å². The maximum Gasteiger partial charge on any atom is 0.328 e. The van der Waals surface area contributed by atoms with E-state index in [9.17, 15) is 19.2 Å². The average Bonchev–Trinajstić information content (AvgIpc) is 2.96. The predicted molar refractivity (Wildman–Crippen MR) is 158 cm³/mol. The summed E-state index contributed by atoms with van der Waals surface area (Å²) in [4.78, 5) is 47.5. The largest absolute Gasteiger partial charge is 0.497 e. The molecule has 0 aliphatic heterocycles. The van der Waals surface area contributed by atoms with Gasteiger partial charge in [-0.2, -0.15) is 0 Å². The fourth-order valence-electron chi connectivity index (χ4n) is 3.16. The quantitative estimate of drug-likeness (QED) is 0.141. The first-order valence-electron chi connectivity index (χ1n) is 12.9. The number of methoxy groups -OCH3 is 1. The molecule has 0 amide bonds. The molecule has 0 aliphatic carbocycles. The summed E-state index contributed by atoms with van der Waals surface area (Å²) < 4.78 is 5.25. The van der Waals surface area contributed by atoms with Crippen molar-refractivity contribution in [2.24, 2.45) is 5.73 Å². The van der Waals surface area contributed by atoms with Gasteiger partial charge in [-0.1, -0.05) is 24.6 Å². The molecule has 0 atom stereocenters. The van der Waals surface area contributed by atoms with E-state index in [1.165, 1.54) is 18.4 Å². The number of hydrogen-bond acceptors (Lipinski definition) is 9. The minimum Gasteiger partial charge on any atom is -0.497 e. The lowest BCUT2D eigenvalue weighted by Gasteiger charge is -2.27. The Balaban J connectivity index is 0.000000861. The number of nitrogens with two attached hydrogens (primary N) is 1. The number of benzene rings is 1. The highest BCUT2D eigenvalue weighted by atomic mass is 16.5. The van der Waals surface area contributed by atoms with Gasteiger partial charge in [0.15, 0.2) is 0 Å². The monoisotopic (exact) mass is 588 g/mol. The smallest absolute Gasteiger partial charge is 0.328 e. The van der Waals surface area contributed by atoms with Crippen LogP contribution in [-0.2, 0) is 25.7 Å². The fraction of sp³-hybridized carbons (Fsp3) is 0.345. The zero-order chi connectivity index (χ0) is 31.8. The lowest BCUT2D eigenvalue weighted by atomic mass is 10.2. The van der Waals surface area contributed by atoms with Crippen LogP contribution in [-0.4, -0.2) is 94.5 Å². The summed E-state index contributed by atoms with van der Waals surface area (Å²) in [5, 5.41) is 31.2. The molecule has 230 valence electrons. The van der Waals surface area contributed by atoms with Gasteiger partial charge < -0.3 is 40.7 Å². The lowest BCUT2D eigenvalue weighted by Crippen LogP contribution is -2.34. The SMILES string of the molecule is COc1ccc(CN(CCN(C)CCCCCN)c2ccccn2)cc1.O=C(O)C=CC(=O)O.O=C(O)C=CC(=O)O. The van der Waals surface area contributed by atoms with Crippen LogP contribution in [0.3, 0.4) is 0 Å². The van der Waals surface area contributed by atoms with Gasteiger partial charge in [0.25, 0.3) is 0 Å². The molecular weight excluding hydrogens is 548 g/mol. The van der Waals surface area contributed by atoms with Crippen molar-refractivity contribution in [1.29, 1.82) is 0 Å². The van der Waals surface area contributed by atoms with E-state index in [4.69, 9.17) is 30.9 Å². The summed E-state index contributed by atoms with van der Waals surface area (Å²) in [5.74, 6) is -3.13. The van der Waals surface area contributed by atoms with Crippen LogP contribution in [0.5, 0.6) is 5.75 Å². The Morgan fingerprint density at radius 2 is 1.33 bits per heavy atom. The number of pyridine rings is 1. The Morgan fingerprint density at radius 1 is 0.786 bits per heavy atom. The van der Waals surface area contributed by atoms with E-state index >= 15 is 0 Å².